The largest absolute Gasteiger partial charge is 0.226 e. The Labute approximate surface area is 89.6 Å². The van der Waals surface area contributed by atoms with Crippen LogP contribution < -0.4 is 0 Å². The minimum absolute atomic E-state index is 0.521. The predicted octanol–water partition coefficient (Wildman–Crippen LogP) is 0.418. The molecule has 0 unspecified atom stereocenters. The number of nitrogens with one attached hydrogen (secondary N) is 1. The summed E-state index contributed by atoms with van der Waals surface area (Å²) in [6.07, 6.45) is 4.06. The smallest absolute Gasteiger partial charge is 0.161 e. The molecule has 2 aromatic heterocycles. The normalized spacial score (nSPS) is 15.7. The van der Waals surface area contributed by atoms with Crippen LogP contribution in [0.5, 0.6) is 0 Å². The molecule has 0 radical (unpaired) electrons. The average Bonchev–Trinajstić information content (AvgIpc) is 2.81. The first kappa shape index (κ1) is 8.84. The van der Waals surface area contributed by atoms with Crippen LogP contribution in [0.15, 0.2) is 11.2 Å². The number of H-pyrrole nitrogens is 1. The highest BCUT2D eigenvalue weighted by molar-refractivity contribution is 7.98. The number of rotatable bonds is 4. The number of hydrogen-bond donors (Lipinski definition) is 1. The molecular weight excluding hydrogens is 214 g/mol. The van der Waals surface area contributed by atoms with E-state index < -0.39 is 0 Å². The maximum absolute atomic E-state index is 4.00. The molecule has 0 amide bonds. The Morgan fingerprint density at radius 3 is 3.20 bits per heavy atom. The number of hydrogen-bond acceptors (Lipinski definition) is 6. The van der Waals surface area contributed by atoms with Crippen molar-refractivity contribution in [3.8, 4) is 0 Å². The summed E-state index contributed by atoms with van der Waals surface area (Å²) in [5, 5.41) is 22.8. The van der Waals surface area contributed by atoms with E-state index in [4.69, 9.17) is 0 Å². The van der Waals surface area contributed by atoms with Gasteiger partial charge in [-0.1, -0.05) is 11.8 Å². The van der Waals surface area contributed by atoms with Gasteiger partial charge >= 0.3 is 0 Å². The highest BCUT2D eigenvalue weighted by atomic mass is 32.2. The molecule has 7 nitrogen and oxygen atoms in total. The molecule has 0 atom stereocenters. The van der Waals surface area contributed by atoms with Crippen LogP contribution in [0, 0.1) is 0 Å². The molecule has 1 aliphatic carbocycles. The number of nitrogens with zero attached hydrogens (tertiary/aromatic N) is 6. The third-order valence-corrected chi connectivity index (χ3v) is 3.09. The molecule has 1 fully saturated rings. The molecule has 1 saturated carbocycles. The van der Waals surface area contributed by atoms with Crippen LogP contribution in [0.4, 0.5) is 0 Å². The molecule has 3 rings (SSSR count). The third kappa shape index (κ3) is 1.84. The molecule has 2 aromatic rings. The Bertz CT molecular complexity index is 432. The standard InChI is InChI=1S/C7H9N7S/c1-2-5(1)14-6(9-12-13-14)4-15-7-3-8-11-10-7/h3,5H,1-2,4H2,(H,8,10,11). The van der Waals surface area contributed by atoms with Crippen molar-refractivity contribution in [3.63, 3.8) is 0 Å². The highest BCUT2D eigenvalue weighted by Crippen LogP contribution is 2.35. The maximum atomic E-state index is 4.00. The summed E-state index contributed by atoms with van der Waals surface area (Å²) < 4.78 is 1.91. The predicted molar refractivity (Wildman–Crippen MR) is 52.0 cm³/mol. The summed E-state index contributed by atoms with van der Waals surface area (Å²) in [6, 6.07) is 0.521. The SMILES string of the molecule is c1n[nH]nc1SCc1nnnn1C1CC1. The minimum Gasteiger partial charge on any atom is -0.226 e. The lowest BCUT2D eigenvalue weighted by molar-refractivity contribution is 0.593. The van der Waals surface area contributed by atoms with E-state index in [2.05, 4.69) is 30.9 Å². The third-order valence-electron chi connectivity index (χ3n) is 2.20. The first-order chi connectivity index (χ1) is 7.43. The Morgan fingerprint density at radius 1 is 1.53 bits per heavy atom. The molecule has 1 aliphatic rings. The second-order valence-electron chi connectivity index (χ2n) is 3.37. The molecule has 0 aromatic carbocycles. The molecule has 8 heteroatoms. The monoisotopic (exact) mass is 223 g/mol. The Kier molecular flexibility index (Phi) is 2.13. The number of tetrazole rings is 1. The quantitative estimate of drug-likeness (QED) is 0.756. The second kappa shape index (κ2) is 3.61. The van der Waals surface area contributed by atoms with Gasteiger partial charge in [0.2, 0.25) is 0 Å². The van der Waals surface area contributed by atoms with Gasteiger partial charge < -0.3 is 0 Å². The molecule has 0 bridgehead atoms. The lowest BCUT2D eigenvalue weighted by Crippen LogP contribution is -2.02. The lowest BCUT2D eigenvalue weighted by atomic mass is 10.6. The van der Waals surface area contributed by atoms with Crippen molar-refractivity contribution in [2.45, 2.75) is 29.7 Å². The van der Waals surface area contributed by atoms with E-state index in [0.29, 0.717) is 6.04 Å². The molecule has 15 heavy (non-hydrogen) atoms. The van der Waals surface area contributed by atoms with E-state index in [9.17, 15) is 0 Å². The summed E-state index contributed by atoms with van der Waals surface area (Å²) >= 11 is 1.58. The van der Waals surface area contributed by atoms with E-state index in [0.717, 1.165) is 16.6 Å². The van der Waals surface area contributed by atoms with Crippen molar-refractivity contribution in [1.29, 1.82) is 0 Å². The van der Waals surface area contributed by atoms with Crippen molar-refractivity contribution < 1.29 is 0 Å². The van der Waals surface area contributed by atoms with Crippen LogP contribution >= 0.6 is 11.8 Å². The molecular formula is C7H9N7S. The Morgan fingerprint density at radius 2 is 2.47 bits per heavy atom. The van der Waals surface area contributed by atoms with Gasteiger partial charge in [-0.2, -0.15) is 10.3 Å². The summed E-state index contributed by atoms with van der Waals surface area (Å²) in [4.78, 5) is 0. The van der Waals surface area contributed by atoms with Gasteiger partial charge in [0, 0.05) is 0 Å². The number of thioether (sulfide) groups is 1. The summed E-state index contributed by atoms with van der Waals surface area (Å²) in [7, 11) is 0. The zero-order valence-electron chi connectivity index (χ0n) is 7.87. The summed E-state index contributed by atoms with van der Waals surface area (Å²) in [5.74, 6) is 1.64. The van der Waals surface area contributed by atoms with Gasteiger partial charge in [-0.25, -0.2) is 4.68 Å². The summed E-state index contributed by atoms with van der Waals surface area (Å²) in [5.41, 5.74) is 0. The fraction of sp³-hybridized carbons (Fsp3) is 0.571. The fourth-order valence-corrected chi connectivity index (χ4v) is 2.01. The molecule has 0 spiro atoms. The van der Waals surface area contributed by atoms with Gasteiger partial charge in [0.1, 0.15) is 5.03 Å². The van der Waals surface area contributed by atoms with E-state index in [1.807, 2.05) is 4.68 Å². The number of aromatic amines is 1. The van der Waals surface area contributed by atoms with Gasteiger partial charge in [-0.05, 0) is 23.3 Å². The zero-order chi connectivity index (χ0) is 10.1. The molecule has 2 heterocycles. The Hall–Kier alpha value is -1.44. The first-order valence-corrected chi connectivity index (χ1v) is 5.67. The van der Waals surface area contributed by atoms with Crippen LogP contribution in [-0.2, 0) is 5.75 Å². The highest BCUT2D eigenvalue weighted by Gasteiger charge is 2.27. The topological polar surface area (TPSA) is 85.2 Å². The van der Waals surface area contributed by atoms with Gasteiger partial charge in [-0.3, -0.25) is 0 Å². The average molecular weight is 223 g/mol. The van der Waals surface area contributed by atoms with Gasteiger partial charge in [-0.15, -0.1) is 10.2 Å². The molecule has 78 valence electrons. The van der Waals surface area contributed by atoms with Crippen molar-refractivity contribution in [2.75, 3.05) is 0 Å². The van der Waals surface area contributed by atoms with Crippen LogP contribution in [0.25, 0.3) is 0 Å². The van der Waals surface area contributed by atoms with E-state index in [1.54, 1.807) is 18.0 Å². The van der Waals surface area contributed by atoms with Crippen molar-refractivity contribution in [1.82, 2.24) is 35.6 Å². The van der Waals surface area contributed by atoms with Gasteiger partial charge in [0.05, 0.1) is 18.0 Å². The number of aromatic nitrogens is 7. The molecule has 1 N–H and O–H groups in total. The first-order valence-electron chi connectivity index (χ1n) is 4.69. The molecule has 0 aliphatic heterocycles. The van der Waals surface area contributed by atoms with E-state index in [-0.39, 0.29) is 0 Å². The van der Waals surface area contributed by atoms with Crippen LogP contribution in [-0.4, -0.2) is 35.6 Å². The zero-order valence-corrected chi connectivity index (χ0v) is 8.68. The summed E-state index contributed by atoms with van der Waals surface area (Å²) in [6.45, 7) is 0. The van der Waals surface area contributed by atoms with Crippen molar-refractivity contribution in [2.24, 2.45) is 0 Å². The van der Waals surface area contributed by atoms with Gasteiger partial charge in [0.25, 0.3) is 0 Å². The lowest BCUT2D eigenvalue weighted by Gasteiger charge is -1.99. The van der Waals surface area contributed by atoms with Crippen molar-refractivity contribution >= 4 is 11.8 Å². The van der Waals surface area contributed by atoms with E-state index in [1.165, 1.54) is 12.8 Å². The van der Waals surface area contributed by atoms with Crippen molar-refractivity contribution in [3.05, 3.63) is 12.0 Å². The maximum Gasteiger partial charge on any atom is 0.161 e. The fourth-order valence-electron chi connectivity index (χ4n) is 1.31. The van der Waals surface area contributed by atoms with Crippen LogP contribution in [0.1, 0.15) is 24.7 Å². The van der Waals surface area contributed by atoms with Gasteiger partial charge in [0.15, 0.2) is 5.82 Å². The molecule has 0 saturated heterocycles. The Balaban J connectivity index is 1.68. The van der Waals surface area contributed by atoms with E-state index >= 15 is 0 Å². The second-order valence-corrected chi connectivity index (χ2v) is 4.36. The minimum atomic E-state index is 0.521. The van der Waals surface area contributed by atoms with Crippen LogP contribution in [0.3, 0.4) is 0 Å². The van der Waals surface area contributed by atoms with Crippen LogP contribution in [0.2, 0.25) is 0 Å².